The maximum atomic E-state index is 13.8. The summed E-state index contributed by atoms with van der Waals surface area (Å²) in [6.45, 7) is 9.02. The summed E-state index contributed by atoms with van der Waals surface area (Å²) < 4.78 is 28.8. The molecule has 0 aliphatic heterocycles. The zero-order valence-corrected chi connectivity index (χ0v) is 23.1. The van der Waals surface area contributed by atoms with Gasteiger partial charge in [0.15, 0.2) is 0 Å². The molecule has 0 heterocycles. The molecule has 0 radical (unpaired) electrons. The van der Waals surface area contributed by atoms with Crippen LogP contribution in [0.5, 0.6) is 0 Å². The van der Waals surface area contributed by atoms with Gasteiger partial charge >= 0.3 is 0 Å². The van der Waals surface area contributed by atoms with E-state index in [-0.39, 0.29) is 17.3 Å². The first-order valence-electron chi connectivity index (χ1n) is 12.2. The molecule has 0 saturated heterocycles. The molecule has 0 saturated carbocycles. The number of carbonyl (C=O) groups is 2. The maximum Gasteiger partial charge on any atom is 0.264 e. The van der Waals surface area contributed by atoms with Crippen LogP contribution in [0, 0.1) is 27.7 Å². The van der Waals surface area contributed by atoms with E-state index in [1.165, 1.54) is 11.9 Å². The number of nitrogens with one attached hydrogen (secondary N) is 1. The molecule has 3 rings (SSSR count). The number of benzene rings is 3. The quantitative estimate of drug-likeness (QED) is 0.455. The van der Waals surface area contributed by atoms with Gasteiger partial charge in [-0.15, -0.1) is 0 Å². The van der Waals surface area contributed by atoms with Gasteiger partial charge in [-0.25, -0.2) is 8.42 Å². The van der Waals surface area contributed by atoms with Gasteiger partial charge in [0.2, 0.25) is 11.8 Å². The second kappa shape index (κ2) is 11.6. The van der Waals surface area contributed by atoms with Gasteiger partial charge in [-0.1, -0.05) is 48.0 Å². The Morgan fingerprint density at radius 1 is 0.865 bits per heavy atom. The van der Waals surface area contributed by atoms with Crippen LogP contribution >= 0.6 is 0 Å². The van der Waals surface area contributed by atoms with E-state index < -0.39 is 28.5 Å². The highest BCUT2D eigenvalue weighted by molar-refractivity contribution is 7.92. The first-order valence-corrected chi connectivity index (χ1v) is 13.6. The van der Waals surface area contributed by atoms with Crippen molar-refractivity contribution in [3.63, 3.8) is 0 Å². The van der Waals surface area contributed by atoms with Gasteiger partial charge in [0.25, 0.3) is 10.0 Å². The monoisotopic (exact) mass is 521 g/mol. The van der Waals surface area contributed by atoms with E-state index in [0.29, 0.717) is 5.69 Å². The summed E-state index contributed by atoms with van der Waals surface area (Å²) in [7, 11) is -2.56. The van der Waals surface area contributed by atoms with Gasteiger partial charge in [-0.2, -0.15) is 0 Å². The summed E-state index contributed by atoms with van der Waals surface area (Å²) >= 11 is 0. The highest BCUT2D eigenvalue weighted by atomic mass is 32.2. The molecular weight excluding hydrogens is 486 g/mol. The minimum Gasteiger partial charge on any atom is -0.357 e. The third kappa shape index (κ3) is 6.38. The Balaban J connectivity index is 2.07. The minimum atomic E-state index is -4.08. The van der Waals surface area contributed by atoms with Crippen molar-refractivity contribution in [2.24, 2.45) is 0 Å². The smallest absolute Gasteiger partial charge is 0.264 e. The second-order valence-corrected chi connectivity index (χ2v) is 11.2. The largest absolute Gasteiger partial charge is 0.357 e. The van der Waals surface area contributed by atoms with E-state index in [0.717, 1.165) is 32.1 Å². The number of likely N-dealkylation sites (N-methyl/N-ethyl adjacent to an activating group) is 1. The number of hydrogen-bond acceptors (Lipinski definition) is 4. The number of aryl methyl sites for hydroxylation is 4. The van der Waals surface area contributed by atoms with Gasteiger partial charge in [-0.3, -0.25) is 13.9 Å². The van der Waals surface area contributed by atoms with Crippen LogP contribution in [0.4, 0.5) is 5.69 Å². The molecule has 3 aromatic rings. The molecule has 1 atom stereocenters. The predicted octanol–water partition coefficient (Wildman–Crippen LogP) is 4.28. The predicted molar refractivity (Wildman–Crippen MR) is 147 cm³/mol. The summed E-state index contributed by atoms with van der Waals surface area (Å²) in [6.07, 6.45) is 0. The highest BCUT2D eigenvalue weighted by Crippen LogP contribution is 2.27. The van der Waals surface area contributed by atoms with Crippen LogP contribution in [0.25, 0.3) is 0 Å². The van der Waals surface area contributed by atoms with E-state index in [2.05, 4.69) is 5.32 Å². The first kappa shape index (κ1) is 27.9. The van der Waals surface area contributed by atoms with Crippen molar-refractivity contribution in [3.8, 4) is 0 Å². The van der Waals surface area contributed by atoms with Crippen LogP contribution in [0.3, 0.4) is 0 Å². The molecule has 0 aliphatic rings. The Hall–Kier alpha value is -3.65. The number of sulfonamides is 1. The van der Waals surface area contributed by atoms with Crippen molar-refractivity contribution < 1.29 is 18.0 Å². The van der Waals surface area contributed by atoms with Crippen LogP contribution < -0.4 is 9.62 Å². The third-order valence-electron chi connectivity index (χ3n) is 6.68. The average molecular weight is 522 g/mol. The fourth-order valence-corrected chi connectivity index (χ4v) is 5.42. The Bertz CT molecular complexity index is 1380. The lowest BCUT2D eigenvalue weighted by atomic mass is 10.1. The Morgan fingerprint density at radius 2 is 1.51 bits per heavy atom. The third-order valence-corrected chi connectivity index (χ3v) is 8.47. The highest BCUT2D eigenvalue weighted by Gasteiger charge is 2.32. The summed E-state index contributed by atoms with van der Waals surface area (Å²) in [4.78, 5) is 27.9. The number of hydrogen-bond donors (Lipinski definition) is 1. The Kier molecular flexibility index (Phi) is 8.76. The molecule has 37 heavy (non-hydrogen) atoms. The molecule has 0 spiro atoms. The SMILES string of the molecule is CNC(=O)C(C)N(Cc1ccccc1C)C(=O)CN(c1ccc(C)c(C)c1)S(=O)(=O)c1ccc(C)cc1. The molecule has 196 valence electrons. The first-order chi connectivity index (χ1) is 17.4. The van der Waals surface area contributed by atoms with Gasteiger partial charge in [0.1, 0.15) is 12.6 Å². The summed E-state index contributed by atoms with van der Waals surface area (Å²) in [5, 5.41) is 2.60. The van der Waals surface area contributed by atoms with Crippen molar-refractivity contribution in [3.05, 3.63) is 94.5 Å². The van der Waals surface area contributed by atoms with E-state index in [9.17, 15) is 18.0 Å². The van der Waals surface area contributed by atoms with Gasteiger partial charge < -0.3 is 10.2 Å². The molecule has 0 bridgehead atoms. The normalized spacial score (nSPS) is 12.1. The molecule has 0 aliphatic carbocycles. The zero-order chi connectivity index (χ0) is 27.3. The molecule has 0 aromatic heterocycles. The van der Waals surface area contributed by atoms with E-state index in [4.69, 9.17) is 0 Å². The van der Waals surface area contributed by atoms with Crippen LogP contribution in [-0.2, 0) is 26.2 Å². The summed E-state index contributed by atoms with van der Waals surface area (Å²) in [6, 6.07) is 18.7. The van der Waals surface area contributed by atoms with Crippen molar-refractivity contribution >= 4 is 27.5 Å². The van der Waals surface area contributed by atoms with Gasteiger partial charge in [0, 0.05) is 13.6 Å². The lowest BCUT2D eigenvalue weighted by molar-refractivity contribution is -0.139. The van der Waals surface area contributed by atoms with Crippen molar-refractivity contribution in [1.82, 2.24) is 10.2 Å². The summed E-state index contributed by atoms with van der Waals surface area (Å²) in [5.41, 5.74) is 5.09. The molecule has 0 fully saturated rings. The fourth-order valence-electron chi connectivity index (χ4n) is 4.01. The van der Waals surface area contributed by atoms with Crippen molar-refractivity contribution in [1.29, 1.82) is 0 Å². The molecule has 8 heteroatoms. The molecular formula is C29H35N3O4S. The Morgan fingerprint density at radius 3 is 2.11 bits per heavy atom. The van der Waals surface area contributed by atoms with E-state index in [1.54, 1.807) is 43.3 Å². The van der Waals surface area contributed by atoms with Crippen LogP contribution in [0.1, 0.15) is 34.7 Å². The molecule has 7 nitrogen and oxygen atoms in total. The maximum absolute atomic E-state index is 13.8. The van der Waals surface area contributed by atoms with E-state index in [1.807, 2.05) is 58.0 Å². The molecule has 1 N–H and O–H groups in total. The standard InChI is InChI=1S/C29H35N3O4S/c1-20-11-15-27(16-12-20)37(35,36)32(26-14-13-21(2)23(4)17-26)19-28(33)31(24(5)29(34)30-6)18-25-10-8-7-9-22(25)3/h7-17,24H,18-19H2,1-6H3,(H,30,34). The van der Waals surface area contributed by atoms with Gasteiger partial charge in [0.05, 0.1) is 10.6 Å². The van der Waals surface area contributed by atoms with Crippen molar-refractivity contribution in [2.45, 2.75) is 52.1 Å². The number of amides is 2. The fraction of sp³-hybridized carbons (Fsp3) is 0.310. The van der Waals surface area contributed by atoms with E-state index >= 15 is 0 Å². The summed E-state index contributed by atoms with van der Waals surface area (Å²) in [5.74, 6) is -0.811. The number of anilines is 1. The van der Waals surface area contributed by atoms with Crippen LogP contribution in [0.15, 0.2) is 71.6 Å². The topological polar surface area (TPSA) is 86.8 Å². The molecule has 3 aromatic carbocycles. The molecule has 2 amide bonds. The molecule has 1 unspecified atom stereocenters. The zero-order valence-electron chi connectivity index (χ0n) is 22.3. The van der Waals surface area contributed by atoms with Gasteiger partial charge in [-0.05, 0) is 81.1 Å². The van der Waals surface area contributed by atoms with Crippen LogP contribution in [0.2, 0.25) is 0 Å². The lowest BCUT2D eigenvalue weighted by Crippen LogP contribution is -2.50. The number of carbonyl (C=O) groups excluding carboxylic acids is 2. The Labute approximate surface area is 220 Å². The second-order valence-electron chi connectivity index (χ2n) is 9.33. The average Bonchev–Trinajstić information content (AvgIpc) is 2.87. The lowest BCUT2D eigenvalue weighted by Gasteiger charge is -2.32. The van der Waals surface area contributed by atoms with Crippen LogP contribution in [-0.4, -0.2) is 44.8 Å². The minimum absolute atomic E-state index is 0.0916. The van der Waals surface area contributed by atoms with Crippen molar-refractivity contribution in [2.75, 3.05) is 17.9 Å². The number of nitrogens with zero attached hydrogens (tertiary/aromatic N) is 2. The number of rotatable bonds is 9.